The molecule has 1 aromatic rings. The molecule has 1 aliphatic heterocycles. The lowest BCUT2D eigenvalue weighted by atomic mass is 10.2. The van der Waals surface area contributed by atoms with E-state index in [4.69, 9.17) is 4.74 Å². The van der Waals surface area contributed by atoms with Gasteiger partial charge in [0.25, 0.3) is 0 Å². The monoisotopic (exact) mass is 231 g/mol. The Morgan fingerprint density at radius 2 is 2.33 bits per heavy atom. The summed E-state index contributed by atoms with van der Waals surface area (Å²) in [5, 5.41) is 3.22. The van der Waals surface area contributed by atoms with E-state index in [1.54, 1.807) is 6.07 Å². The van der Waals surface area contributed by atoms with Crippen LogP contribution in [0.4, 0.5) is 4.39 Å². The third-order valence-electron chi connectivity index (χ3n) is 2.39. The van der Waals surface area contributed by atoms with Crippen LogP contribution in [-0.2, 0) is 11.3 Å². The van der Waals surface area contributed by atoms with E-state index < -0.39 is 0 Å². The molecule has 4 heteroatoms. The molecule has 0 bridgehead atoms. The lowest BCUT2D eigenvalue weighted by Gasteiger charge is -2.10. The van der Waals surface area contributed by atoms with Crippen molar-refractivity contribution < 1.29 is 9.13 Å². The summed E-state index contributed by atoms with van der Waals surface area (Å²) in [5.41, 5.74) is 0.900. The summed E-state index contributed by atoms with van der Waals surface area (Å²) < 4.78 is 18.4. The molecule has 1 aliphatic rings. The molecule has 1 unspecified atom stereocenters. The summed E-state index contributed by atoms with van der Waals surface area (Å²) in [4.78, 5) is 0. The first-order valence-electron chi connectivity index (χ1n) is 4.91. The molecular formula is C11H15ClFNO. The average molecular weight is 232 g/mol. The molecule has 1 atom stereocenters. The number of halogens is 2. The standard InChI is InChI=1S/C11H14FNO.ClH/c12-10-3-1-2-9(6-10)8-14-11-4-5-13-7-11;/h1-3,6,11,13H,4-5,7-8H2;1H. The van der Waals surface area contributed by atoms with Gasteiger partial charge < -0.3 is 10.1 Å². The SMILES string of the molecule is Cl.Fc1cccc(COC2CCNC2)c1. The van der Waals surface area contributed by atoms with Gasteiger partial charge in [0.2, 0.25) is 0 Å². The van der Waals surface area contributed by atoms with Crippen LogP contribution < -0.4 is 5.32 Å². The third-order valence-corrected chi connectivity index (χ3v) is 2.39. The van der Waals surface area contributed by atoms with Gasteiger partial charge in [-0.05, 0) is 30.7 Å². The van der Waals surface area contributed by atoms with Gasteiger partial charge in [-0.15, -0.1) is 12.4 Å². The van der Waals surface area contributed by atoms with Crippen molar-refractivity contribution in [2.75, 3.05) is 13.1 Å². The van der Waals surface area contributed by atoms with E-state index in [0.29, 0.717) is 12.7 Å². The quantitative estimate of drug-likeness (QED) is 0.861. The lowest BCUT2D eigenvalue weighted by molar-refractivity contribution is 0.0541. The predicted octanol–water partition coefficient (Wildman–Crippen LogP) is 2.13. The second-order valence-corrected chi connectivity index (χ2v) is 3.56. The number of nitrogens with one attached hydrogen (secondary N) is 1. The van der Waals surface area contributed by atoms with Crippen molar-refractivity contribution in [1.82, 2.24) is 5.32 Å². The minimum atomic E-state index is -0.198. The largest absolute Gasteiger partial charge is 0.372 e. The molecule has 1 saturated heterocycles. The normalized spacial score (nSPS) is 19.9. The maximum absolute atomic E-state index is 12.8. The first kappa shape index (κ1) is 12.4. The van der Waals surface area contributed by atoms with Crippen LogP contribution in [0.5, 0.6) is 0 Å². The highest BCUT2D eigenvalue weighted by Crippen LogP contribution is 2.09. The van der Waals surface area contributed by atoms with Gasteiger partial charge in [0.15, 0.2) is 0 Å². The van der Waals surface area contributed by atoms with Gasteiger partial charge in [0, 0.05) is 6.54 Å². The summed E-state index contributed by atoms with van der Waals surface area (Å²) in [6.45, 7) is 2.44. The van der Waals surface area contributed by atoms with Crippen LogP contribution in [0, 0.1) is 5.82 Å². The van der Waals surface area contributed by atoms with E-state index in [9.17, 15) is 4.39 Å². The van der Waals surface area contributed by atoms with Gasteiger partial charge in [0.1, 0.15) is 5.82 Å². The summed E-state index contributed by atoms with van der Waals surface area (Å²) in [7, 11) is 0. The highest BCUT2D eigenvalue weighted by molar-refractivity contribution is 5.85. The molecule has 0 aromatic heterocycles. The summed E-state index contributed by atoms with van der Waals surface area (Å²) in [6.07, 6.45) is 1.34. The van der Waals surface area contributed by atoms with Gasteiger partial charge in [-0.25, -0.2) is 4.39 Å². The van der Waals surface area contributed by atoms with Crippen LogP contribution in [-0.4, -0.2) is 19.2 Å². The van der Waals surface area contributed by atoms with Crippen LogP contribution in [0.2, 0.25) is 0 Å². The second kappa shape index (κ2) is 6.05. The Hall–Kier alpha value is -0.640. The van der Waals surface area contributed by atoms with Crippen molar-refractivity contribution >= 4 is 12.4 Å². The molecule has 0 saturated carbocycles. The minimum Gasteiger partial charge on any atom is -0.372 e. The number of hydrogen-bond acceptors (Lipinski definition) is 2. The number of hydrogen-bond donors (Lipinski definition) is 1. The van der Waals surface area contributed by atoms with Crippen molar-refractivity contribution in [3.8, 4) is 0 Å². The van der Waals surface area contributed by atoms with E-state index in [1.165, 1.54) is 12.1 Å². The van der Waals surface area contributed by atoms with Crippen LogP contribution in [0.25, 0.3) is 0 Å². The molecule has 1 heterocycles. The molecule has 2 rings (SSSR count). The fourth-order valence-electron chi connectivity index (χ4n) is 1.61. The Bertz CT molecular complexity index is 302. The van der Waals surface area contributed by atoms with Crippen LogP contribution in [0.1, 0.15) is 12.0 Å². The zero-order valence-electron chi connectivity index (χ0n) is 8.41. The van der Waals surface area contributed by atoms with E-state index in [-0.39, 0.29) is 18.2 Å². The Morgan fingerprint density at radius 3 is 3.00 bits per heavy atom. The Kier molecular flexibility index (Phi) is 5.02. The molecule has 15 heavy (non-hydrogen) atoms. The van der Waals surface area contributed by atoms with Crippen LogP contribution in [0.15, 0.2) is 24.3 Å². The molecule has 1 fully saturated rings. The summed E-state index contributed by atoms with van der Waals surface area (Å²) in [5.74, 6) is -0.198. The Morgan fingerprint density at radius 1 is 1.47 bits per heavy atom. The molecular weight excluding hydrogens is 217 g/mol. The van der Waals surface area contributed by atoms with E-state index in [2.05, 4.69) is 5.32 Å². The molecule has 84 valence electrons. The van der Waals surface area contributed by atoms with Crippen molar-refractivity contribution in [1.29, 1.82) is 0 Å². The molecule has 0 spiro atoms. The first-order chi connectivity index (χ1) is 6.84. The maximum atomic E-state index is 12.8. The smallest absolute Gasteiger partial charge is 0.123 e. The highest BCUT2D eigenvalue weighted by atomic mass is 35.5. The van der Waals surface area contributed by atoms with Crippen molar-refractivity contribution in [2.45, 2.75) is 19.1 Å². The molecule has 1 aromatic carbocycles. The summed E-state index contributed by atoms with van der Waals surface area (Å²) >= 11 is 0. The molecule has 0 amide bonds. The van der Waals surface area contributed by atoms with Crippen LogP contribution in [0.3, 0.4) is 0 Å². The zero-order valence-corrected chi connectivity index (χ0v) is 9.23. The number of rotatable bonds is 3. The maximum Gasteiger partial charge on any atom is 0.123 e. The molecule has 0 radical (unpaired) electrons. The third kappa shape index (κ3) is 3.78. The van der Waals surface area contributed by atoms with Crippen molar-refractivity contribution in [3.63, 3.8) is 0 Å². The zero-order chi connectivity index (χ0) is 9.80. The fraction of sp³-hybridized carbons (Fsp3) is 0.455. The molecule has 1 N–H and O–H groups in total. The van der Waals surface area contributed by atoms with E-state index >= 15 is 0 Å². The van der Waals surface area contributed by atoms with E-state index in [1.807, 2.05) is 6.07 Å². The van der Waals surface area contributed by atoms with Gasteiger partial charge >= 0.3 is 0 Å². The van der Waals surface area contributed by atoms with Gasteiger partial charge in [-0.2, -0.15) is 0 Å². The molecule has 0 aliphatic carbocycles. The highest BCUT2D eigenvalue weighted by Gasteiger charge is 2.14. The lowest BCUT2D eigenvalue weighted by Crippen LogP contribution is -2.16. The van der Waals surface area contributed by atoms with Crippen molar-refractivity contribution in [2.24, 2.45) is 0 Å². The average Bonchev–Trinajstić information content (AvgIpc) is 2.67. The Labute approximate surface area is 95.2 Å². The number of benzene rings is 1. The second-order valence-electron chi connectivity index (χ2n) is 3.56. The van der Waals surface area contributed by atoms with E-state index in [0.717, 1.165) is 25.1 Å². The topological polar surface area (TPSA) is 21.3 Å². The fourth-order valence-corrected chi connectivity index (χ4v) is 1.61. The van der Waals surface area contributed by atoms with Gasteiger partial charge in [-0.1, -0.05) is 12.1 Å². The van der Waals surface area contributed by atoms with Crippen molar-refractivity contribution in [3.05, 3.63) is 35.6 Å². The van der Waals surface area contributed by atoms with Gasteiger partial charge in [0.05, 0.1) is 12.7 Å². The van der Waals surface area contributed by atoms with Gasteiger partial charge in [-0.3, -0.25) is 0 Å². The molecule has 2 nitrogen and oxygen atoms in total. The first-order valence-corrected chi connectivity index (χ1v) is 4.91. The predicted molar refractivity (Wildman–Crippen MR) is 59.7 cm³/mol. The minimum absolute atomic E-state index is 0. The Balaban J connectivity index is 0.00000112. The van der Waals surface area contributed by atoms with Crippen LogP contribution >= 0.6 is 12.4 Å². The summed E-state index contributed by atoms with van der Waals surface area (Å²) in [6, 6.07) is 6.55. The number of ether oxygens (including phenoxy) is 1.